The van der Waals surface area contributed by atoms with Crippen molar-refractivity contribution in [3.8, 4) is 28.2 Å². The van der Waals surface area contributed by atoms with Gasteiger partial charge in [-0.2, -0.15) is 0 Å². The van der Waals surface area contributed by atoms with Gasteiger partial charge in [0.05, 0.1) is 23.6 Å². The molecule has 4 heteroatoms. The Morgan fingerprint density at radius 1 is 0.588 bits per heavy atom. The van der Waals surface area contributed by atoms with Gasteiger partial charge in [-0.25, -0.2) is 9.97 Å². The Labute approximate surface area is 198 Å². The van der Waals surface area contributed by atoms with Crippen molar-refractivity contribution >= 4 is 22.3 Å². The summed E-state index contributed by atoms with van der Waals surface area (Å²) in [5.74, 6) is 0.713. The topological polar surface area (TPSA) is 42.7 Å². The van der Waals surface area contributed by atoms with Crippen LogP contribution in [0.5, 0.6) is 0 Å². The minimum Gasteiger partial charge on any atom is -0.352 e. The Morgan fingerprint density at radius 3 is 1.88 bits per heavy atom. The fraction of sp³-hybridized carbons (Fsp3) is 0. The maximum absolute atomic E-state index is 4.58. The minimum atomic E-state index is 0.713. The quantitative estimate of drug-likeness (QED) is 0.303. The van der Waals surface area contributed by atoms with Crippen LogP contribution in [0.2, 0.25) is 0 Å². The van der Waals surface area contributed by atoms with E-state index in [1.807, 2.05) is 54.9 Å². The molecular formula is C30H22N4. The molecule has 4 nitrogen and oxygen atoms in total. The smallest absolute Gasteiger partial charge is 0.159 e. The van der Waals surface area contributed by atoms with E-state index < -0.39 is 0 Å². The first-order chi connectivity index (χ1) is 16.9. The van der Waals surface area contributed by atoms with Crippen molar-refractivity contribution in [3.63, 3.8) is 0 Å². The third-order valence-corrected chi connectivity index (χ3v) is 5.93. The number of hydrogen-bond donors (Lipinski definition) is 1. The second-order valence-electron chi connectivity index (χ2n) is 8.09. The molecule has 6 aromatic rings. The molecule has 0 saturated heterocycles. The van der Waals surface area contributed by atoms with Gasteiger partial charge in [0.15, 0.2) is 5.82 Å². The van der Waals surface area contributed by atoms with Crippen LogP contribution in [0.1, 0.15) is 0 Å². The Hall–Kier alpha value is -4.70. The number of fused-ring (bicyclic) bond motifs is 1. The van der Waals surface area contributed by atoms with Gasteiger partial charge in [-0.15, -0.1) is 0 Å². The molecule has 0 bridgehead atoms. The molecular weight excluding hydrogens is 416 g/mol. The summed E-state index contributed by atoms with van der Waals surface area (Å²) < 4.78 is 2.23. The van der Waals surface area contributed by atoms with E-state index in [0.29, 0.717) is 5.82 Å². The maximum atomic E-state index is 4.58. The second-order valence-corrected chi connectivity index (χ2v) is 8.09. The monoisotopic (exact) mass is 438 g/mol. The molecule has 162 valence electrons. The van der Waals surface area contributed by atoms with E-state index in [1.54, 1.807) is 0 Å². The van der Waals surface area contributed by atoms with E-state index in [1.165, 1.54) is 5.39 Å². The van der Waals surface area contributed by atoms with Gasteiger partial charge in [-0.1, -0.05) is 78.9 Å². The number of rotatable bonds is 5. The standard InChI is InChI=1S/C30H22N4/c1-4-10-22(11-5-1)29-26-18-19-34(25-14-8-3-9-15-25)28(26)17-16-27(29)33-24-20-31-30(32-21-24)23-12-6-2-7-13-23/h1-21,33H. The normalized spacial score (nSPS) is 10.9. The van der Waals surface area contributed by atoms with E-state index in [9.17, 15) is 0 Å². The molecule has 0 aliphatic rings. The Kier molecular flexibility index (Phi) is 5.09. The summed E-state index contributed by atoms with van der Waals surface area (Å²) in [6.45, 7) is 0. The fourth-order valence-electron chi connectivity index (χ4n) is 4.33. The number of para-hydroxylation sites is 1. The number of hydrogen-bond acceptors (Lipinski definition) is 3. The van der Waals surface area contributed by atoms with Crippen LogP contribution in [-0.2, 0) is 0 Å². The largest absolute Gasteiger partial charge is 0.352 e. The van der Waals surface area contributed by atoms with E-state index in [0.717, 1.165) is 39.3 Å². The van der Waals surface area contributed by atoms with E-state index in [-0.39, 0.29) is 0 Å². The first kappa shape index (κ1) is 19.9. The Morgan fingerprint density at radius 2 is 1.21 bits per heavy atom. The minimum absolute atomic E-state index is 0.713. The van der Waals surface area contributed by atoms with Crippen molar-refractivity contribution in [2.45, 2.75) is 0 Å². The molecule has 0 amide bonds. The lowest BCUT2D eigenvalue weighted by atomic mass is 9.99. The zero-order chi connectivity index (χ0) is 22.7. The summed E-state index contributed by atoms with van der Waals surface area (Å²) in [6, 6.07) is 37.4. The Balaban J connectivity index is 1.43. The molecule has 0 saturated carbocycles. The number of benzene rings is 4. The van der Waals surface area contributed by atoms with Gasteiger partial charge in [0.1, 0.15) is 0 Å². The predicted octanol–water partition coefficient (Wildman–Crippen LogP) is 7.50. The summed E-state index contributed by atoms with van der Waals surface area (Å²) in [5, 5.41) is 4.74. The van der Waals surface area contributed by atoms with E-state index in [4.69, 9.17) is 0 Å². The van der Waals surface area contributed by atoms with Crippen molar-refractivity contribution in [1.29, 1.82) is 0 Å². The van der Waals surface area contributed by atoms with E-state index >= 15 is 0 Å². The lowest BCUT2D eigenvalue weighted by Gasteiger charge is -2.15. The van der Waals surface area contributed by atoms with Gasteiger partial charge < -0.3 is 9.88 Å². The zero-order valence-corrected chi connectivity index (χ0v) is 18.5. The average molecular weight is 439 g/mol. The van der Waals surface area contributed by atoms with Gasteiger partial charge in [-0.05, 0) is 35.9 Å². The van der Waals surface area contributed by atoms with Crippen LogP contribution in [0, 0.1) is 0 Å². The van der Waals surface area contributed by atoms with Crippen molar-refractivity contribution < 1.29 is 0 Å². The second kappa shape index (κ2) is 8.68. The molecule has 34 heavy (non-hydrogen) atoms. The molecule has 2 heterocycles. The molecule has 0 aliphatic carbocycles. The molecule has 0 radical (unpaired) electrons. The number of aromatic nitrogens is 3. The third kappa shape index (κ3) is 3.71. The van der Waals surface area contributed by atoms with Crippen molar-refractivity contribution in [2.24, 2.45) is 0 Å². The summed E-state index contributed by atoms with van der Waals surface area (Å²) in [4.78, 5) is 9.15. The highest BCUT2D eigenvalue weighted by atomic mass is 15.0. The van der Waals surface area contributed by atoms with Crippen LogP contribution >= 0.6 is 0 Å². The Bertz CT molecular complexity index is 1540. The van der Waals surface area contributed by atoms with Gasteiger partial charge in [-0.3, -0.25) is 0 Å². The van der Waals surface area contributed by atoms with Crippen LogP contribution in [0.4, 0.5) is 11.4 Å². The molecule has 0 fully saturated rings. The van der Waals surface area contributed by atoms with Crippen LogP contribution in [0.25, 0.3) is 39.1 Å². The summed E-state index contributed by atoms with van der Waals surface area (Å²) in [5.41, 5.74) is 7.47. The zero-order valence-electron chi connectivity index (χ0n) is 18.5. The maximum Gasteiger partial charge on any atom is 0.159 e. The molecule has 2 aromatic heterocycles. The fourth-order valence-corrected chi connectivity index (χ4v) is 4.33. The molecule has 0 atom stereocenters. The van der Waals surface area contributed by atoms with Crippen LogP contribution in [0.15, 0.2) is 128 Å². The van der Waals surface area contributed by atoms with Crippen molar-refractivity contribution in [1.82, 2.24) is 14.5 Å². The summed E-state index contributed by atoms with van der Waals surface area (Å²) in [7, 11) is 0. The highest BCUT2D eigenvalue weighted by molar-refractivity contribution is 6.03. The SMILES string of the molecule is c1ccc(-c2ncc(Nc3ccc4c(ccn4-c4ccccc4)c3-c3ccccc3)cn2)cc1. The van der Waals surface area contributed by atoms with Crippen molar-refractivity contribution in [2.75, 3.05) is 5.32 Å². The van der Waals surface area contributed by atoms with Gasteiger partial charge >= 0.3 is 0 Å². The molecule has 4 aromatic carbocycles. The lowest BCUT2D eigenvalue weighted by Crippen LogP contribution is -1.98. The first-order valence-electron chi connectivity index (χ1n) is 11.3. The first-order valence-corrected chi connectivity index (χ1v) is 11.3. The molecule has 0 aliphatic heterocycles. The average Bonchev–Trinajstić information content (AvgIpc) is 3.35. The van der Waals surface area contributed by atoms with Gasteiger partial charge in [0.25, 0.3) is 0 Å². The molecule has 6 rings (SSSR count). The number of nitrogens with one attached hydrogen (secondary N) is 1. The van der Waals surface area contributed by atoms with Gasteiger partial charge in [0.2, 0.25) is 0 Å². The highest BCUT2D eigenvalue weighted by Gasteiger charge is 2.14. The highest BCUT2D eigenvalue weighted by Crippen LogP contribution is 2.38. The van der Waals surface area contributed by atoms with Crippen molar-refractivity contribution in [3.05, 3.63) is 128 Å². The van der Waals surface area contributed by atoms with E-state index in [2.05, 4.69) is 92.8 Å². The number of anilines is 2. The lowest BCUT2D eigenvalue weighted by molar-refractivity contribution is 1.13. The third-order valence-electron chi connectivity index (χ3n) is 5.93. The predicted molar refractivity (Wildman–Crippen MR) is 139 cm³/mol. The summed E-state index contributed by atoms with van der Waals surface area (Å²) in [6.07, 6.45) is 5.81. The van der Waals surface area contributed by atoms with Gasteiger partial charge in [0, 0.05) is 34.1 Å². The molecule has 0 unspecified atom stereocenters. The molecule has 0 spiro atoms. The van der Waals surface area contributed by atoms with Crippen LogP contribution < -0.4 is 5.32 Å². The van der Waals surface area contributed by atoms with Crippen LogP contribution in [0.3, 0.4) is 0 Å². The number of nitrogens with zero attached hydrogens (tertiary/aromatic N) is 3. The summed E-state index contributed by atoms with van der Waals surface area (Å²) >= 11 is 0. The molecule has 1 N–H and O–H groups in total. The van der Waals surface area contributed by atoms with Crippen LogP contribution in [-0.4, -0.2) is 14.5 Å².